The van der Waals surface area contributed by atoms with Crippen LogP contribution in [0.5, 0.6) is 0 Å². The van der Waals surface area contributed by atoms with Gasteiger partial charge in [0.15, 0.2) is 5.82 Å². The van der Waals surface area contributed by atoms with Gasteiger partial charge in [-0.1, -0.05) is 0 Å². The van der Waals surface area contributed by atoms with E-state index in [1.165, 1.54) is 11.3 Å². The van der Waals surface area contributed by atoms with E-state index in [0.717, 1.165) is 12.8 Å². The molecule has 2 fully saturated rings. The van der Waals surface area contributed by atoms with Crippen LogP contribution in [-0.4, -0.2) is 34.9 Å². The fourth-order valence-corrected chi connectivity index (χ4v) is 4.22. The Hall–Kier alpha value is -2.42. The van der Waals surface area contributed by atoms with Gasteiger partial charge in [-0.05, 0) is 39.2 Å². The fraction of sp³-hybridized carbons (Fsp3) is 0.556. The van der Waals surface area contributed by atoms with Crippen LogP contribution in [0.25, 0.3) is 5.52 Å². The zero-order chi connectivity index (χ0) is 19.6. The molecule has 1 saturated carbocycles. The Morgan fingerprint density at radius 2 is 1.85 bits per heavy atom. The molecule has 2 aromatic heterocycles. The second-order valence-corrected chi connectivity index (χ2v) is 7.62. The molecular weight excluding hydrogens is 356 g/mol. The molecule has 9 heteroatoms. The molecule has 146 valence electrons. The number of halogens is 2. The van der Waals surface area contributed by atoms with Crippen LogP contribution >= 0.6 is 0 Å². The number of nitrogens with zero attached hydrogens (tertiary/aromatic N) is 3. The van der Waals surface area contributed by atoms with Crippen LogP contribution in [0, 0.1) is 25.6 Å². The van der Waals surface area contributed by atoms with Gasteiger partial charge in [0, 0.05) is 30.1 Å². The molecule has 0 spiro atoms. The molecule has 7 nitrogen and oxygen atoms in total. The van der Waals surface area contributed by atoms with Gasteiger partial charge in [-0.15, -0.1) is 0 Å². The molecular formula is C18H23F2N5O2. The van der Waals surface area contributed by atoms with Crippen LogP contribution in [0.2, 0.25) is 0 Å². The first kappa shape index (κ1) is 18.0. The van der Waals surface area contributed by atoms with Crippen molar-refractivity contribution < 1.29 is 8.78 Å². The average molecular weight is 379 g/mol. The van der Waals surface area contributed by atoms with E-state index >= 15 is 4.39 Å². The number of alkyl halides is 1. The number of hydrogen-bond acceptors (Lipinski definition) is 5. The summed E-state index contributed by atoms with van der Waals surface area (Å²) in [6, 6.07) is 0. The van der Waals surface area contributed by atoms with Crippen molar-refractivity contribution in [2.75, 3.05) is 30.4 Å². The lowest BCUT2D eigenvalue weighted by Crippen LogP contribution is -2.45. The molecule has 27 heavy (non-hydrogen) atoms. The van der Waals surface area contributed by atoms with E-state index in [1.54, 1.807) is 11.8 Å². The minimum atomic E-state index is -1.15. The molecule has 1 aliphatic heterocycles. The summed E-state index contributed by atoms with van der Waals surface area (Å²) < 4.78 is 31.2. The number of anilines is 1. The molecule has 4 N–H and O–H groups in total. The van der Waals surface area contributed by atoms with E-state index < -0.39 is 23.2 Å². The predicted molar refractivity (Wildman–Crippen MR) is 99.1 cm³/mol. The van der Waals surface area contributed by atoms with Crippen molar-refractivity contribution in [3.63, 3.8) is 0 Å². The Balaban J connectivity index is 2.06. The highest BCUT2D eigenvalue weighted by molar-refractivity contribution is 5.74. The van der Waals surface area contributed by atoms with Gasteiger partial charge in [0.05, 0.1) is 16.9 Å². The van der Waals surface area contributed by atoms with Crippen LogP contribution in [0.4, 0.5) is 14.5 Å². The first-order valence-corrected chi connectivity index (χ1v) is 9.12. The number of aromatic nitrogens is 2. The van der Waals surface area contributed by atoms with Crippen molar-refractivity contribution in [2.24, 2.45) is 11.7 Å². The van der Waals surface area contributed by atoms with E-state index in [0.29, 0.717) is 27.9 Å². The van der Waals surface area contributed by atoms with Gasteiger partial charge >= 0.3 is 5.69 Å². The normalized spacial score (nSPS) is 22.8. The second kappa shape index (κ2) is 6.05. The monoisotopic (exact) mass is 379 g/mol. The third-order valence-corrected chi connectivity index (χ3v) is 5.86. The van der Waals surface area contributed by atoms with Crippen LogP contribution in [0.15, 0.2) is 9.59 Å². The zero-order valence-corrected chi connectivity index (χ0v) is 15.3. The number of nitrogen functional groups attached to an aromatic ring is 1. The Morgan fingerprint density at radius 3 is 2.41 bits per heavy atom. The van der Waals surface area contributed by atoms with Crippen molar-refractivity contribution in [3.8, 4) is 0 Å². The smallest absolute Gasteiger partial charge is 0.354 e. The number of nitrogens with two attached hydrogens (primary N) is 2. The van der Waals surface area contributed by atoms with Crippen molar-refractivity contribution in [1.82, 2.24) is 9.08 Å². The molecule has 0 amide bonds. The Bertz CT molecular complexity index is 1060. The number of pyridine rings is 1. The molecule has 0 radical (unpaired) electrons. The number of rotatable bonds is 3. The summed E-state index contributed by atoms with van der Waals surface area (Å²) in [5, 5.41) is 0. The van der Waals surface area contributed by atoms with Gasteiger partial charge in [-0.25, -0.2) is 13.6 Å². The van der Waals surface area contributed by atoms with Gasteiger partial charge in [0.1, 0.15) is 6.17 Å². The van der Waals surface area contributed by atoms with Gasteiger partial charge in [0.2, 0.25) is 0 Å². The highest BCUT2D eigenvalue weighted by Gasteiger charge is 2.37. The molecule has 2 unspecified atom stereocenters. The quantitative estimate of drug-likeness (QED) is 0.759. The summed E-state index contributed by atoms with van der Waals surface area (Å²) in [6.45, 7) is 3.64. The minimum absolute atomic E-state index is 0.00334. The van der Waals surface area contributed by atoms with E-state index in [-0.39, 0.29) is 36.3 Å². The Morgan fingerprint density at radius 1 is 1.19 bits per heavy atom. The summed E-state index contributed by atoms with van der Waals surface area (Å²) in [7, 11) is 0. The maximum absolute atomic E-state index is 15.3. The molecule has 3 heterocycles. The summed E-state index contributed by atoms with van der Waals surface area (Å²) in [4.78, 5) is 26.9. The summed E-state index contributed by atoms with van der Waals surface area (Å²) in [5.41, 5.74) is 5.88. The van der Waals surface area contributed by atoms with Gasteiger partial charge in [-0.3, -0.25) is 9.20 Å². The van der Waals surface area contributed by atoms with Crippen LogP contribution in [-0.2, 0) is 0 Å². The summed E-state index contributed by atoms with van der Waals surface area (Å²) in [5.74, 6) is 4.70. The Kier molecular flexibility index (Phi) is 4.03. The molecule has 2 atom stereocenters. The largest absolute Gasteiger partial charge is 0.365 e. The van der Waals surface area contributed by atoms with Crippen molar-refractivity contribution in [2.45, 2.75) is 38.8 Å². The molecule has 1 aliphatic carbocycles. The number of aryl methyl sites for hydroxylation is 2. The lowest BCUT2D eigenvalue weighted by atomic mass is 10.0. The predicted octanol–water partition coefficient (Wildman–Crippen LogP) is 0.541. The molecule has 2 aliphatic rings. The molecule has 4 rings (SSSR count). The highest BCUT2D eigenvalue weighted by Crippen LogP contribution is 2.42. The maximum atomic E-state index is 15.3. The minimum Gasteiger partial charge on any atom is -0.365 e. The van der Waals surface area contributed by atoms with Crippen molar-refractivity contribution in [1.29, 1.82) is 0 Å². The van der Waals surface area contributed by atoms with Gasteiger partial charge in [-0.2, -0.15) is 4.68 Å². The first-order valence-electron chi connectivity index (χ1n) is 9.12. The SMILES string of the molecule is Cc1c(N2CC(F)C(CN)C2)c(F)c(C)n2c(=O)n(N)c(=O)c(C3CC3)c12. The zero-order valence-electron chi connectivity index (χ0n) is 15.3. The van der Waals surface area contributed by atoms with Gasteiger partial charge in [0.25, 0.3) is 5.56 Å². The number of fused-ring (bicyclic) bond motifs is 1. The maximum Gasteiger partial charge on any atom is 0.354 e. The summed E-state index contributed by atoms with van der Waals surface area (Å²) >= 11 is 0. The molecule has 0 bridgehead atoms. The highest BCUT2D eigenvalue weighted by atomic mass is 19.1. The fourth-order valence-electron chi connectivity index (χ4n) is 4.22. The first-order chi connectivity index (χ1) is 12.8. The van der Waals surface area contributed by atoms with E-state index in [9.17, 15) is 14.0 Å². The van der Waals surface area contributed by atoms with Crippen LogP contribution < -0.4 is 27.7 Å². The third kappa shape index (κ3) is 2.48. The Labute approximate surface area is 154 Å². The lowest BCUT2D eigenvalue weighted by Gasteiger charge is -2.25. The van der Waals surface area contributed by atoms with E-state index in [2.05, 4.69) is 0 Å². The second-order valence-electron chi connectivity index (χ2n) is 7.62. The molecule has 0 aromatic carbocycles. The van der Waals surface area contributed by atoms with Crippen LogP contribution in [0.3, 0.4) is 0 Å². The topological polar surface area (TPSA) is 98.8 Å². The third-order valence-electron chi connectivity index (χ3n) is 5.86. The average Bonchev–Trinajstić information content (AvgIpc) is 3.40. The molecule has 1 saturated heterocycles. The van der Waals surface area contributed by atoms with Crippen LogP contribution in [0.1, 0.15) is 35.6 Å². The van der Waals surface area contributed by atoms with Crippen molar-refractivity contribution >= 4 is 11.2 Å². The van der Waals surface area contributed by atoms with Gasteiger partial charge < -0.3 is 16.5 Å². The number of hydrogen-bond donors (Lipinski definition) is 2. The standard InChI is InChI=1S/C18H23F2N5O2/c1-8-15-13(10-3-4-10)17(26)25(22)18(27)24(15)9(2)14(20)16(8)23-6-11(5-21)12(19)7-23/h10-12H,3-7,21-22H2,1-2H3. The van der Waals surface area contributed by atoms with E-state index in [4.69, 9.17) is 11.6 Å². The lowest BCUT2D eigenvalue weighted by molar-refractivity contribution is 0.289. The molecule has 2 aromatic rings. The van der Waals surface area contributed by atoms with E-state index in [1.807, 2.05) is 0 Å². The summed E-state index contributed by atoms with van der Waals surface area (Å²) in [6.07, 6.45) is 0.493. The van der Waals surface area contributed by atoms with Crippen molar-refractivity contribution in [3.05, 3.63) is 43.5 Å².